The van der Waals surface area contributed by atoms with Crippen molar-refractivity contribution in [3.8, 4) is 0 Å². The summed E-state index contributed by atoms with van der Waals surface area (Å²) in [6.45, 7) is 0. The molecule has 0 aliphatic carbocycles. The molecule has 0 fully saturated rings. The quantitative estimate of drug-likeness (QED) is 0.668. The van der Waals surface area contributed by atoms with E-state index in [4.69, 9.17) is 5.11 Å². The van der Waals surface area contributed by atoms with Gasteiger partial charge in [-0.25, -0.2) is 14.6 Å². The lowest BCUT2D eigenvalue weighted by Gasteiger charge is -2.01. The van der Waals surface area contributed by atoms with Gasteiger partial charge in [0.25, 0.3) is 5.91 Å². The lowest BCUT2D eigenvalue weighted by atomic mass is 10.1. The average molecular weight is 286 g/mol. The molecule has 0 aliphatic heterocycles. The molecule has 2 rings (SSSR count). The molecule has 0 bridgehead atoms. The van der Waals surface area contributed by atoms with Gasteiger partial charge in [0.15, 0.2) is 0 Å². The summed E-state index contributed by atoms with van der Waals surface area (Å²) in [7, 11) is 0. The molecule has 1 amide bonds. The number of hydrogen-bond acceptors (Lipinski definition) is 3. The SMILES string of the molecule is O=C(NN=Cc1ccccc1C(=O)O)c1ccc(F)cc1. The number of nitrogens with one attached hydrogen (secondary N) is 1. The van der Waals surface area contributed by atoms with Crippen molar-refractivity contribution in [2.45, 2.75) is 0 Å². The number of amides is 1. The van der Waals surface area contributed by atoms with Crippen LogP contribution in [0, 0.1) is 5.82 Å². The van der Waals surface area contributed by atoms with Crippen LogP contribution >= 0.6 is 0 Å². The van der Waals surface area contributed by atoms with Gasteiger partial charge in [-0.1, -0.05) is 18.2 Å². The Hall–Kier alpha value is -3.02. The number of aromatic carboxylic acids is 1. The molecular formula is C15H11FN2O3. The zero-order valence-electron chi connectivity index (χ0n) is 10.8. The molecule has 0 heterocycles. The van der Waals surface area contributed by atoms with E-state index in [0.29, 0.717) is 5.56 Å². The monoisotopic (exact) mass is 286 g/mol. The number of hydrogen-bond donors (Lipinski definition) is 2. The zero-order chi connectivity index (χ0) is 15.2. The highest BCUT2D eigenvalue weighted by Gasteiger charge is 2.07. The van der Waals surface area contributed by atoms with Crippen LogP contribution in [0.1, 0.15) is 26.3 Å². The summed E-state index contributed by atoms with van der Waals surface area (Å²) < 4.78 is 12.7. The van der Waals surface area contributed by atoms with Gasteiger partial charge in [0.1, 0.15) is 5.82 Å². The summed E-state index contributed by atoms with van der Waals surface area (Å²) in [4.78, 5) is 22.7. The maximum atomic E-state index is 12.7. The predicted octanol–water partition coefficient (Wildman–Crippen LogP) is 2.29. The molecule has 0 saturated heterocycles. The number of halogens is 1. The first-order chi connectivity index (χ1) is 10.1. The molecule has 6 heteroatoms. The van der Waals surface area contributed by atoms with Crippen LogP contribution in [0.3, 0.4) is 0 Å². The highest BCUT2D eigenvalue weighted by atomic mass is 19.1. The summed E-state index contributed by atoms with van der Waals surface area (Å²) in [6.07, 6.45) is 1.24. The fraction of sp³-hybridized carbons (Fsp3) is 0. The van der Waals surface area contributed by atoms with Crippen LogP contribution in [-0.2, 0) is 0 Å². The second-order valence-corrected chi connectivity index (χ2v) is 4.10. The highest BCUT2D eigenvalue weighted by molar-refractivity contribution is 5.99. The Morgan fingerprint density at radius 2 is 1.76 bits per heavy atom. The lowest BCUT2D eigenvalue weighted by Crippen LogP contribution is -2.17. The van der Waals surface area contributed by atoms with E-state index >= 15 is 0 Å². The minimum atomic E-state index is -1.08. The van der Waals surface area contributed by atoms with Crippen molar-refractivity contribution in [3.05, 3.63) is 71.0 Å². The third kappa shape index (κ3) is 3.73. The minimum absolute atomic E-state index is 0.0808. The summed E-state index contributed by atoms with van der Waals surface area (Å²) >= 11 is 0. The van der Waals surface area contributed by atoms with Crippen LogP contribution in [0.5, 0.6) is 0 Å². The average Bonchev–Trinajstić information content (AvgIpc) is 2.48. The Labute approximate surface area is 119 Å². The van der Waals surface area contributed by atoms with Gasteiger partial charge in [-0.15, -0.1) is 0 Å². The summed E-state index contributed by atoms with van der Waals surface area (Å²) in [5, 5.41) is 12.7. The van der Waals surface area contributed by atoms with Crippen molar-refractivity contribution >= 4 is 18.1 Å². The fourth-order valence-electron chi connectivity index (χ4n) is 1.63. The Morgan fingerprint density at radius 1 is 1.10 bits per heavy atom. The van der Waals surface area contributed by atoms with Crippen LogP contribution in [0.25, 0.3) is 0 Å². The predicted molar refractivity (Wildman–Crippen MR) is 74.9 cm³/mol. The first kappa shape index (κ1) is 14.4. The number of rotatable bonds is 4. The van der Waals surface area contributed by atoms with Crippen LogP contribution in [-0.4, -0.2) is 23.2 Å². The van der Waals surface area contributed by atoms with E-state index in [1.165, 1.54) is 36.5 Å². The third-order valence-electron chi connectivity index (χ3n) is 2.67. The standard InChI is InChI=1S/C15H11FN2O3/c16-12-7-5-10(6-8-12)14(19)18-17-9-11-3-1-2-4-13(11)15(20)21/h1-9H,(H,18,19)(H,20,21). The molecule has 0 radical (unpaired) electrons. The van der Waals surface area contributed by atoms with Gasteiger partial charge in [0.05, 0.1) is 11.8 Å². The van der Waals surface area contributed by atoms with Crippen LogP contribution < -0.4 is 5.43 Å². The van der Waals surface area contributed by atoms with E-state index in [1.54, 1.807) is 18.2 Å². The number of benzene rings is 2. The minimum Gasteiger partial charge on any atom is -0.478 e. The maximum absolute atomic E-state index is 12.7. The van der Waals surface area contributed by atoms with Crippen molar-refractivity contribution in [1.82, 2.24) is 5.43 Å². The molecule has 0 saturated carbocycles. The van der Waals surface area contributed by atoms with E-state index in [0.717, 1.165) is 0 Å². The smallest absolute Gasteiger partial charge is 0.336 e. The molecule has 5 nitrogen and oxygen atoms in total. The molecular weight excluding hydrogens is 275 g/mol. The molecule has 0 aromatic heterocycles. The van der Waals surface area contributed by atoms with Crippen LogP contribution in [0.4, 0.5) is 4.39 Å². The molecule has 0 unspecified atom stereocenters. The zero-order valence-corrected chi connectivity index (χ0v) is 10.8. The lowest BCUT2D eigenvalue weighted by molar-refractivity contribution is 0.0696. The Balaban J connectivity index is 2.07. The molecule has 0 aliphatic rings. The van der Waals surface area contributed by atoms with Gasteiger partial charge in [-0.05, 0) is 30.3 Å². The molecule has 106 valence electrons. The van der Waals surface area contributed by atoms with Gasteiger partial charge >= 0.3 is 5.97 Å². The largest absolute Gasteiger partial charge is 0.478 e. The number of carbonyl (C=O) groups is 2. The van der Waals surface area contributed by atoms with E-state index in [9.17, 15) is 14.0 Å². The summed E-state index contributed by atoms with van der Waals surface area (Å²) in [6, 6.07) is 11.2. The topological polar surface area (TPSA) is 78.8 Å². The Kier molecular flexibility index (Phi) is 4.40. The number of carboxylic acids is 1. The van der Waals surface area contributed by atoms with E-state index in [1.807, 2.05) is 0 Å². The second kappa shape index (κ2) is 6.42. The van der Waals surface area contributed by atoms with Crippen molar-refractivity contribution in [3.63, 3.8) is 0 Å². The Morgan fingerprint density at radius 3 is 2.43 bits per heavy atom. The normalized spacial score (nSPS) is 10.5. The number of carboxylic acid groups (broad SMARTS) is 1. The maximum Gasteiger partial charge on any atom is 0.336 e. The van der Waals surface area contributed by atoms with Crippen molar-refractivity contribution in [2.75, 3.05) is 0 Å². The number of hydrazone groups is 1. The Bertz CT molecular complexity index is 696. The third-order valence-corrected chi connectivity index (χ3v) is 2.67. The first-order valence-electron chi connectivity index (χ1n) is 5.99. The number of nitrogens with zero attached hydrogens (tertiary/aromatic N) is 1. The van der Waals surface area contributed by atoms with Crippen LogP contribution in [0.2, 0.25) is 0 Å². The fourth-order valence-corrected chi connectivity index (χ4v) is 1.63. The van der Waals surface area contributed by atoms with Gasteiger partial charge in [0.2, 0.25) is 0 Å². The molecule has 21 heavy (non-hydrogen) atoms. The van der Waals surface area contributed by atoms with E-state index in [2.05, 4.69) is 10.5 Å². The van der Waals surface area contributed by atoms with Gasteiger partial charge in [-0.3, -0.25) is 4.79 Å². The van der Waals surface area contributed by atoms with E-state index in [-0.39, 0.29) is 11.1 Å². The van der Waals surface area contributed by atoms with E-state index < -0.39 is 17.7 Å². The molecule has 2 N–H and O–H groups in total. The van der Waals surface area contributed by atoms with Crippen LogP contribution in [0.15, 0.2) is 53.6 Å². The highest BCUT2D eigenvalue weighted by Crippen LogP contribution is 2.06. The summed E-state index contributed by atoms with van der Waals surface area (Å²) in [5.41, 5.74) is 2.94. The molecule has 0 spiro atoms. The molecule has 2 aromatic rings. The van der Waals surface area contributed by atoms with Gasteiger partial charge in [0, 0.05) is 11.1 Å². The van der Waals surface area contributed by atoms with Crippen molar-refractivity contribution < 1.29 is 19.1 Å². The first-order valence-corrected chi connectivity index (χ1v) is 5.99. The summed E-state index contributed by atoms with van der Waals surface area (Å²) in [5.74, 6) is -2.04. The van der Waals surface area contributed by atoms with Gasteiger partial charge < -0.3 is 5.11 Å². The van der Waals surface area contributed by atoms with Crippen molar-refractivity contribution in [1.29, 1.82) is 0 Å². The van der Waals surface area contributed by atoms with Crippen molar-refractivity contribution in [2.24, 2.45) is 5.10 Å². The number of carbonyl (C=O) groups excluding carboxylic acids is 1. The molecule has 2 aromatic carbocycles. The second-order valence-electron chi connectivity index (χ2n) is 4.10. The molecule has 0 atom stereocenters. The van der Waals surface area contributed by atoms with Gasteiger partial charge in [-0.2, -0.15) is 5.10 Å².